The Hall–Kier alpha value is 2.02. The molecular formula is C10H10S8. The van der Waals surface area contributed by atoms with Gasteiger partial charge in [-0.05, 0) is 12.5 Å². The van der Waals surface area contributed by atoms with Crippen LogP contribution in [0.1, 0.15) is 0 Å². The predicted octanol–water partition coefficient (Wildman–Crippen LogP) is 6.53. The van der Waals surface area contributed by atoms with Crippen molar-refractivity contribution in [2.75, 3.05) is 24.0 Å². The molecular weight excluding hydrogens is 377 g/mol. The second-order valence-electron chi connectivity index (χ2n) is 3.24. The molecule has 0 N–H and O–H groups in total. The monoisotopic (exact) mass is 386 g/mol. The number of rotatable bonds is 2. The van der Waals surface area contributed by atoms with Gasteiger partial charge in [0.25, 0.3) is 0 Å². The topological polar surface area (TPSA) is 0 Å². The molecule has 0 aliphatic carbocycles. The van der Waals surface area contributed by atoms with Crippen LogP contribution in [0.3, 0.4) is 0 Å². The Morgan fingerprint density at radius 3 is 1.78 bits per heavy atom. The van der Waals surface area contributed by atoms with Gasteiger partial charge < -0.3 is 0 Å². The molecule has 0 radical (unpaired) electrons. The quantitative estimate of drug-likeness (QED) is 0.518. The molecule has 1 saturated heterocycles. The molecule has 8 heteroatoms. The third-order valence-electron chi connectivity index (χ3n) is 2.16. The molecule has 98 valence electrons. The maximum atomic E-state index is 2.17. The molecule has 3 rings (SSSR count). The minimum atomic E-state index is 1.28. The maximum absolute atomic E-state index is 2.17. The zero-order valence-electron chi connectivity index (χ0n) is 9.68. The van der Waals surface area contributed by atoms with E-state index >= 15 is 0 Å². The van der Waals surface area contributed by atoms with E-state index < -0.39 is 0 Å². The van der Waals surface area contributed by atoms with Crippen molar-refractivity contribution >= 4 is 94.1 Å². The molecule has 0 aromatic carbocycles. The highest BCUT2D eigenvalue weighted by Crippen LogP contribution is 2.69. The van der Waals surface area contributed by atoms with Gasteiger partial charge in [0.1, 0.15) is 0 Å². The number of hydrogen-bond donors (Lipinski definition) is 0. The average Bonchev–Trinajstić information content (AvgIpc) is 3.04. The van der Waals surface area contributed by atoms with Crippen molar-refractivity contribution in [3.05, 3.63) is 25.4 Å². The molecule has 1 fully saturated rings. The Morgan fingerprint density at radius 1 is 0.778 bits per heavy atom. The van der Waals surface area contributed by atoms with Gasteiger partial charge in [0.15, 0.2) is 0 Å². The second kappa shape index (κ2) is 6.85. The highest BCUT2D eigenvalue weighted by molar-refractivity contribution is 8.49. The summed E-state index contributed by atoms with van der Waals surface area (Å²) in [5.41, 5.74) is 0. The van der Waals surface area contributed by atoms with Gasteiger partial charge in [-0.3, -0.25) is 0 Å². The SMILES string of the molecule is CSC(SC)=C1SC2=C(S1)SC(=C1SCCS1)S2. The lowest BCUT2D eigenvalue weighted by molar-refractivity contribution is 1.59. The smallest absolute Gasteiger partial charge is 0.0718 e. The van der Waals surface area contributed by atoms with E-state index in [9.17, 15) is 0 Å². The summed E-state index contributed by atoms with van der Waals surface area (Å²) >= 11 is 15.7. The van der Waals surface area contributed by atoms with Crippen molar-refractivity contribution in [1.29, 1.82) is 0 Å². The van der Waals surface area contributed by atoms with E-state index in [0.717, 1.165) is 0 Å². The fourth-order valence-corrected chi connectivity index (χ4v) is 12.9. The molecule has 3 aliphatic heterocycles. The molecule has 0 atom stereocenters. The summed E-state index contributed by atoms with van der Waals surface area (Å²) in [6.07, 6.45) is 4.34. The summed E-state index contributed by atoms with van der Waals surface area (Å²) in [4.78, 5) is 0. The fraction of sp³-hybridized carbons (Fsp3) is 0.400. The third kappa shape index (κ3) is 3.10. The van der Waals surface area contributed by atoms with Crippen molar-refractivity contribution in [1.82, 2.24) is 0 Å². The van der Waals surface area contributed by atoms with E-state index in [2.05, 4.69) is 12.5 Å². The molecule has 0 unspecified atom stereocenters. The van der Waals surface area contributed by atoms with Crippen LogP contribution < -0.4 is 0 Å². The molecule has 0 aromatic rings. The van der Waals surface area contributed by atoms with E-state index in [1.165, 1.54) is 32.7 Å². The zero-order chi connectivity index (χ0) is 12.5. The first kappa shape index (κ1) is 14.9. The van der Waals surface area contributed by atoms with Gasteiger partial charge in [0.2, 0.25) is 0 Å². The van der Waals surface area contributed by atoms with Gasteiger partial charge in [-0.2, -0.15) is 0 Å². The minimum Gasteiger partial charge on any atom is -0.121 e. The fourth-order valence-electron chi connectivity index (χ4n) is 1.43. The Labute approximate surface area is 142 Å². The Kier molecular flexibility index (Phi) is 5.69. The first-order valence-corrected chi connectivity index (χ1v) is 12.8. The Balaban J connectivity index is 1.73. The molecule has 0 nitrogen and oxygen atoms in total. The van der Waals surface area contributed by atoms with Crippen LogP contribution >= 0.6 is 94.1 Å². The molecule has 3 heterocycles. The van der Waals surface area contributed by atoms with Crippen molar-refractivity contribution in [2.45, 2.75) is 0 Å². The minimum absolute atomic E-state index is 1.28. The van der Waals surface area contributed by atoms with Crippen LogP contribution in [0.5, 0.6) is 0 Å². The van der Waals surface area contributed by atoms with Crippen molar-refractivity contribution in [2.24, 2.45) is 0 Å². The summed E-state index contributed by atoms with van der Waals surface area (Å²) in [5.74, 6) is 2.56. The lowest BCUT2D eigenvalue weighted by Crippen LogP contribution is -1.73. The van der Waals surface area contributed by atoms with E-state index in [1.54, 1.807) is 4.24 Å². The van der Waals surface area contributed by atoms with Crippen LogP contribution in [0.2, 0.25) is 0 Å². The van der Waals surface area contributed by atoms with E-state index in [1.807, 2.05) is 94.1 Å². The molecule has 0 aromatic heterocycles. The summed E-state index contributed by atoms with van der Waals surface area (Å²) in [5, 5.41) is 0. The van der Waals surface area contributed by atoms with Crippen LogP contribution in [0.15, 0.2) is 25.4 Å². The normalized spacial score (nSPS) is 23.3. The molecule has 3 aliphatic rings. The molecule has 0 amide bonds. The maximum Gasteiger partial charge on any atom is 0.0718 e. The number of hydrogen-bond acceptors (Lipinski definition) is 8. The van der Waals surface area contributed by atoms with Crippen LogP contribution in [-0.2, 0) is 0 Å². The van der Waals surface area contributed by atoms with Gasteiger partial charge in [-0.15, -0.1) is 47.0 Å². The van der Waals surface area contributed by atoms with Crippen LogP contribution in [0.25, 0.3) is 0 Å². The highest BCUT2D eigenvalue weighted by Gasteiger charge is 2.33. The van der Waals surface area contributed by atoms with Gasteiger partial charge in [-0.25, -0.2) is 0 Å². The van der Waals surface area contributed by atoms with Crippen molar-refractivity contribution in [3.63, 3.8) is 0 Å². The van der Waals surface area contributed by atoms with Crippen molar-refractivity contribution < 1.29 is 0 Å². The van der Waals surface area contributed by atoms with Gasteiger partial charge in [0, 0.05) is 11.5 Å². The van der Waals surface area contributed by atoms with Crippen LogP contribution in [-0.4, -0.2) is 24.0 Å². The largest absolute Gasteiger partial charge is 0.121 e. The van der Waals surface area contributed by atoms with E-state index in [0.29, 0.717) is 0 Å². The van der Waals surface area contributed by atoms with Gasteiger partial charge >= 0.3 is 0 Å². The molecule has 0 spiro atoms. The first-order valence-electron chi connectivity index (χ1n) is 5.09. The molecule has 18 heavy (non-hydrogen) atoms. The first-order chi connectivity index (χ1) is 8.81. The average molecular weight is 387 g/mol. The summed E-state index contributed by atoms with van der Waals surface area (Å²) in [6, 6.07) is 0. The lowest BCUT2D eigenvalue weighted by Gasteiger charge is -2.07. The van der Waals surface area contributed by atoms with Crippen LogP contribution in [0, 0.1) is 0 Å². The highest BCUT2D eigenvalue weighted by atomic mass is 32.3. The molecule has 0 saturated carbocycles. The summed E-state index contributed by atoms with van der Waals surface area (Å²) < 4.78 is 9.05. The van der Waals surface area contributed by atoms with Gasteiger partial charge in [0.05, 0.1) is 25.4 Å². The Morgan fingerprint density at radius 2 is 1.28 bits per heavy atom. The zero-order valence-corrected chi connectivity index (χ0v) is 16.2. The predicted molar refractivity (Wildman–Crippen MR) is 103 cm³/mol. The lowest BCUT2D eigenvalue weighted by atomic mass is 11.0. The number of thioether (sulfide) groups is 8. The second-order valence-corrected chi connectivity index (χ2v) is 12.7. The Bertz CT molecular complexity index is 400. The van der Waals surface area contributed by atoms with Crippen LogP contribution in [0.4, 0.5) is 0 Å². The third-order valence-corrected chi connectivity index (χ3v) is 13.7. The molecule has 0 bridgehead atoms. The van der Waals surface area contributed by atoms with E-state index in [-0.39, 0.29) is 0 Å². The van der Waals surface area contributed by atoms with Gasteiger partial charge in [-0.1, -0.05) is 47.0 Å². The van der Waals surface area contributed by atoms with Crippen molar-refractivity contribution in [3.8, 4) is 0 Å². The van der Waals surface area contributed by atoms with E-state index in [4.69, 9.17) is 0 Å². The summed E-state index contributed by atoms with van der Waals surface area (Å²) in [7, 11) is 0. The summed E-state index contributed by atoms with van der Waals surface area (Å²) in [6.45, 7) is 0. The standard InChI is InChI=1S/C10H10S8/c1-11-5(12-2)7-15-9-10(16-7)18-8(17-9)6-13-3-4-14-6/h3-4H2,1-2H3.